The number of amides is 2. The first-order valence-electron chi connectivity index (χ1n) is 7.09. The summed E-state index contributed by atoms with van der Waals surface area (Å²) in [6.45, 7) is 1.75. The van der Waals surface area contributed by atoms with Gasteiger partial charge in [-0.3, -0.25) is 9.59 Å². The fraction of sp³-hybridized carbons (Fsp3) is 0.467. The van der Waals surface area contributed by atoms with Crippen LogP contribution in [0.2, 0.25) is 0 Å². The number of carbonyl (C=O) groups is 2. The normalized spacial score (nSPS) is 17.7. The summed E-state index contributed by atoms with van der Waals surface area (Å²) in [7, 11) is 0. The number of benzene rings is 1. The van der Waals surface area contributed by atoms with E-state index in [1.165, 1.54) is 12.8 Å². The van der Waals surface area contributed by atoms with Crippen molar-refractivity contribution in [3.05, 3.63) is 35.9 Å². The first kappa shape index (κ1) is 14.5. The summed E-state index contributed by atoms with van der Waals surface area (Å²) in [4.78, 5) is 23.3. The van der Waals surface area contributed by atoms with E-state index in [1.54, 1.807) is 24.3 Å². The maximum absolute atomic E-state index is 11.7. The number of hydrogen-bond donors (Lipinski definition) is 3. The third-order valence-electron chi connectivity index (χ3n) is 3.42. The minimum atomic E-state index is -0.224. The molecule has 108 valence electrons. The molecule has 2 amide bonds. The van der Waals surface area contributed by atoms with E-state index in [4.69, 9.17) is 0 Å². The lowest BCUT2D eigenvalue weighted by Crippen LogP contribution is -2.38. The van der Waals surface area contributed by atoms with Crippen LogP contribution >= 0.6 is 0 Å². The number of hydrogen-bond acceptors (Lipinski definition) is 3. The highest BCUT2D eigenvalue weighted by atomic mass is 16.2. The van der Waals surface area contributed by atoms with E-state index in [0.29, 0.717) is 18.2 Å². The van der Waals surface area contributed by atoms with E-state index >= 15 is 0 Å². The largest absolute Gasteiger partial charge is 0.355 e. The molecule has 0 aromatic heterocycles. The molecule has 1 aromatic carbocycles. The van der Waals surface area contributed by atoms with Crippen molar-refractivity contribution in [1.29, 1.82) is 0 Å². The van der Waals surface area contributed by atoms with Crippen LogP contribution in [0.15, 0.2) is 30.3 Å². The van der Waals surface area contributed by atoms with E-state index in [2.05, 4.69) is 16.0 Å². The van der Waals surface area contributed by atoms with Crippen LogP contribution in [0, 0.1) is 0 Å². The van der Waals surface area contributed by atoms with Gasteiger partial charge in [0.05, 0.1) is 6.54 Å². The summed E-state index contributed by atoms with van der Waals surface area (Å²) in [6.07, 6.45) is 3.34. The van der Waals surface area contributed by atoms with Crippen molar-refractivity contribution in [1.82, 2.24) is 16.0 Å². The molecule has 1 aliphatic heterocycles. The van der Waals surface area contributed by atoms with Gasteiger partial charge in [0, 0.05) is 18.2 Å². The standard InChI is InChI=1S/C15H21N3O2/c19-14(17-10-8-13-7-4-9-16-13)11-18-15(20)12-5-2-1-3-6-12/h1-3,5-6,13,16H,4,7-11H2,(H,17,19)(H,18,20)/t13-/m0/s1. The highest BCUT2D eigenvalue weighted by molar-refractivity contribution is 5.96. The van der Waals surface area contributed by atoms with Crippen molar-refractivity contribution < 1.29 is 9.59 Å². The van der Waals surface area contributed by atoms with E-state index in [1.807, 2.05) is 6.07 Å². The smallest absolute Gasteiger partial charge is 0.251 e. The van der Waals surface area contributed by atoms with E-state index in [9.17, 15) is 9.59 Å². The van der Waals surface area contributed by atoms with Crippen molar-refractivity contribution in [2.24, 2.45) is 0 Å². The molecule has 0 saturated carbocycles. The Labute approximate surface area is 119 Å². The van der Waals surface area contributed by atoms with Crippen molar-refractivity contribution in [2.75, 3.05) is 19.6 Å². The topological polar surface area (TPSA) is 70.2 Å². The fourth-order valence-corrected chi connectivity index (χ4v) is 2.30. The molecule has 1 atom stereocenters. The van der Waals surface area contributed by atoms with Gasteiger partial charge >= 0.3 is 0 Å². The van der Waals surface area contributed by atoms with Gasteiger partial charge in [0.1, 0.15) is 0 Å². The average Bonchev–Trinajstić information content (AvgIpc) is 2.99. The van der Waals surface area contributed by atoms with Crippen molar-refractivity contribution >= 4 is 11.8 Å². The molecule has 1 saturated heterocycles. The van der Waals surface area contributed by atoms with Crippen molar-refractivity contribution in [3.63, 3.8) is 0 Å². The van der Waals surface area contributed by atoms with Crippen molar-refractivity contribution in [3.8, 4) is 0 Å². The summed E-state index contributed by atoms with van der Waals surface area (Å²) in [5.74, 6) is -0.370. The number of rotatable bonds is 6. The predicted octanol–water partition coefficient (Wildman–Crippen LogP) is 0.675. The number of carbonyl (C=O) groups excluding carboxylic acids is 2. The van der Waals surface area contributed by atoms with Crippen molar-refractivity contribution in [2.45, 2.75) is 25.3 Å². The monoisotopic (exact) mass is 275 g/mol. The first-order valence-corrected chi connectivity index (χ1v) is 7.09. The van der Waals surface area contributed by atoms with Gasteiger partial charge in [-0.05, 0) is 37.9 Å². The molecular formula is C15H21N3O2. The zero-order chi connectivity index (χ0) is 14.2. The van der Waals surface area contributed by atoms with Crippen LogP contribution in [0.25, 0.3) is 0 Å². The molecule has 5 heteroatoms. The average molecular weight is 275 g/mol. The Morgan fingerprint density at radius 3 is 2.70 bits per heavy atom. The minimum absolute atomic E-state index is 0.0197. The summed E-state index contributed by atoms with van der Waals surface area (Å²) in [5, 5.41) is 8.81. The Morgan fingerprint density at radius 2 is 2.00 bits per heavy atom. The summed E-state index contributed by atoms with van der Waals surface area (Å²) in [5.41, 5.74) is 0.565. The molecule has 0 spiro atoms. The maximum Gasteiger partial charge on any atom is 0.251 e. The predicted molar refractivity (Wildman–Crippen MR) is 77.4 cm³/mol. The Hall–Kier alpha value is -1.88. The van der Waals surface area contributed by atoms with Gasteiger partial charge in [-0.25, -0.2) is 0 Å². The lowest BCUT2D eigenvalue weighted by atomic mass is 10.1. The highest BCUT2D eigenvalue weighted by Gasteiger charge is 2.13. The highest BCUT2D eigenvalue weighted by Crippen LogP contribution is 2.07. The third kappa shape index (κ3) is 4.66. The number of nitrogens with one attached hydrogen (secondary N) is 3. The first-order chi connectivity index (χ1) is 9.75. The van der Waals surface area contributed by atoms with E-state index in [-0.39, 0.29) is 18.4 Å². The molecule has 0 bridgehead atoms. The Kier molecular flexibility index (Phi) is 5.55. The zero-order valence-electron chi connectivity index (χ0n) is 11.5. The Bertz CT molecular complexity index is 442. The second kappa shape index (κ2) is 7.65. The molecule has 1 aliphatic rings. The summed E-state index contributed by atoms with van der Waals surface area (Å²) < 4.78 is 0. The molecule has 5 nitrogen and oxygen atoms in total. The maximum atomic E-state index is 11.7. The Morgan fingerprint density at radius 1 is 1.20 bits per heavy atom. The molecule has 3 N–H and O–H groups in total. The van der Waals surface area contributed by atoms with E-state index < -0.39 is 0 Å². The minimum Gasteiger partial charge on any atom is -0.355 e. The quantitative estimate of drug-likeness (QED) is 0.715. The van der Waals surface area contributed by atoms with Gasteiger partial charge < -0.3 is 16.0 Å². The molecule has 1 aromatic rings. The molecule has 0 radical (unpaired) electrons. The van der Waals surface area contributed by atoms with Crippen LogP contribution < -0.4 is 16.0 Å². The van der Waals surface area contributed by atoms with Gasteiger partial charge in [0.2, 0.25) is 5.91 Å². The molecule has 0 unspecified atom stereocenters. The molecular weight excluding hydrogens is 254 g/mol. The van der Waals surface area contributed by atoms with Crippen LogP contribution in [0.4, 0.5) is 0 Å². The molecule has 0 aliphatic carbocycles. The van der Waals surface area contributed by atoms with E-state index in [0.717, 1.165) is 13.0 Å². The lowest BCUT2D eigenvalue weighted by molar-refractivity contribution is -0.120. The van der Waals surface area contributed by atoms with Gasteiger partial charge in [-0.15, -0.1) is 0 Å². The molecule has 2 rings (SSSR count). The van der Waals surface area contributed by atoms with Gasteiger partial charge in [0.15, 0.2) is 0 Å². The molecule has 1 fully saturated rings. The second-order valence-electron chi connectivity index (χ2n) is 4.98. The Balaban J connectivity index is 1.61. The van der Waals surface area contributed by atoms with Crippen LogP contribution in [-0.2, 0) is 4.79 Å². The van der Waals surface area contributed by atoms with Crippen LogP contribution in [0.3, 0.4) is 0 Å². The van der Waals surface area contributed by atoms with Crippen LogP contribution in [-0.4, -0.2) is 37.5 Å². The lowest BCUT2D eigenvalue weighted by Gasteiger charge is -2.11. The van der Waals surface area contributed by atoms with Gasteiger partial charge in [0.25, 0.3) is 5.91 Å². The fourth-order valence-electron chi connectivity index (χ4n) is 2.30. The second-order valence-corrected chi connectivity index (χ2v) is 4.98. The third-order valence-corrected chi connectivity index (χ3v) is 3.42. The summed E-state index contributed by atoms with van der Waals surface area (Å²) in [6, 6.07) is 9.40. The van der Waals surface area contributed by atoms with Crippen LogP contribution in [0.5, 0.6) is 0 Å². The summed E-state index contributed by atoms with van der Waals surface area (Å²) >= 11 is 0. The zero-order valence-corrected chi connectivity index (χ0v) is 11.5. The van der Waals surface area contributed by atoms with Gasteiger partial charge in [-0.1, -0.05) is 18.2 Å². The van der Waals surface area contributed by atoms with Crippen LogP contribution in [0.1, 0.15) is 29.6 Å². The van der Waals surface area contributed by atoms with Gasteiger partial charge in [-0.2, -0.15) is 0 Å². The molecule has 1 heterocycles. The SMILES string of the molecule is O=C(CNC(=O)c1ccccc1)NCC[C@@H]1CCCN1. The molecule has 20 heavy (non-hydrogen) atoms.